The first-order valence-corrected chi connectivity index (χ1v) is 5.17. The summed E-state index contributed by atoms with van der Waals surface area (Å²) in [6, 6.07) is 9.26. The molecule has 1 rings (SSSR count). The molecule has 0 bridgehead atoms. The standard InChI is InChI=1S/C13H15NO2/c1-2-3-7-10-14-13(15)11-16-12-8-5-4-6-9-12/h4-6,8-9H,7,10-11H2,1H3,(H,14,15). The van der Waals surface area contributed by atoms with Crippen molar-refractivity contribution < 1.29 is 9.53 Å². The maximum Gasteiger partial charge on any atom is 0.257 e. The Labute approximate surface area is 95.8 Å². The molecule has 3 heteroatoms. The Balaban J connectivity index is 2.17. The maximum absolute atomic E-state index is 11.3. The third kappa shape index (κ3) is 5.06. The maximum atomic E-state index is 11.3. The van der Waals surface area contributed by atoms with Crippen molar-refractivity contribution in [2.45, 2.75) is 13.3 Å². The molecule has 0 unspecified atom stereocenters. The number of carbonyl (C=O) groups is 1. The zero-order chi connectivity index (χ0) is 11.6. The molecule has 0 aliphatic heterocycles. The molecule has 1 N–H and O–H groups in total. The van der Waals surface area contributed by atoms with Crippen molar-refractivity contribution in [1.29, 1.82) is 0 Å². The van der Waals surface area contributed by atoms with Gasteiger partial charge in [0.25, 0.3) is 5.91 Å². The fraction of sp³-hybridized carbons (Fsp3) is 0.308. The van der Waals surface area contributed by atoms with E-state index in [-0.39, 0.29) is 12.5 Å². The zero-order valence-electron chi connectivity index (χ0n) is 9.32. The predicted octanol–water partition coefficient (Wildman–Crippen LogP) is 1.60. The molecule has 16 heavy (non-hydrogen) atoms. The van der Waals surface area contributed by atoms with E-state index >= 15 is 0 Å². The number of amides is 1. The molecule has 0 saturated carbocycles. The Hall–Kier alpha value is -1.95. The first kappa shape index (κ1) is 12.1. The van der Waals surface area contributed by atoms with Gasteiger partial charge in [-0.25, -0.2) is 0 Å². The largest absolute Gasteiger partial charge is 0.484 e. The molecule has 0 spiro atoms. The van der Waals surface area contributed by atoms with Crippen molar-refractivity contribution in [1.82, 2.24) is 5.32 Å². The highest BCUT2D eigenvalue weighted by molar-refractivity contribution is 5.77. The summed E-state index contributed by atoms with van der Waals surface area (Å²) in [5.41, 5.74) is 0. The van der Waals surface area contributed by atoms with Crippen molar-refractivity contribution in [2.75, 3.05) is 13.2 Å². The number of hydrogen-bond acceptors (Lipinski definition) is 2. The van der Waals surface area contributed by atoms with E-state index in [9.17, 15) is 4.79 Å². The lowest BCUT2D eigenvalue weighted by atomic mass is 10.3. The molecule has 3 nitrogen and oxygen atoms in total. The van der Waals surface area contributed by atoms with Gasteiger partial charge in [-0.1, -0.05) is 18.2 Å². The minimum atomic E-state index is -0.123. The molecule has 0 heterocycles. The molecule has 0 aliphatic carbocycles. The Bertz CT molecular complexity index is 376. The van der Waals surface area contributed by atoms with E-state index in [1.54, 1.807) is 6.92 Å². The molecule has 0 radical (unpaired) electrons. The van der Waals surface area contributed by atoms with Gasteiger partial charge in [0.1, 0.15) is 5.75 Å². The molecule has 1 amide bonds. The third-order valence-corrected chi connectivity index (χ3v) is 1.86. The summed E-state index contributed by atoms with van der Waals surface area (Å²) >= 11 is 0. The van der Waals surface area contributed by atoms with Gasteiger partial charge in [-0.2, -0.15) is 0 Å². The number of nitrogens with one attached hydrogen (secondary N) is 1. The van der Waals surface area contributed by atoms with Gasteiger partial charge in [0, 0.05) is 13.0 Å². The second-order valence-corrected chi connectivity index (χ2v) is 3.13. The van der Waals surface area contributed by atoms with Gasteiger partial charge < -0.3 is 10.1 Å². The normalized spacial score (nSPS) is 8.81. The monoisotopic (exact) mass is 217 g/mol. The van der Waals surface area contributed by atoms with Crippen LogP contribution in [0, 0.1) is 11.8 Å². The second-order valence-electron chi connectivity index (χ2n) is 3.13. The molecule has 0 saturated heterocycles. The lowest BCUT2D eigenvalue weighted by Gasteiger charge is -2.05. The van der Waals surface area contributed by atoms with Gasteiger partial charge in [0.15, 0.2) is 6.61 Å². The lowest BCUT2D eigenvalue weighted by molar-refractivity contribution is -0.123. The van der Waals surface area contributed by atoms with Crippen molar-refractivity contribution >= 4 is 5.91 Å². The van der Waals surface area contributed by atoms with E-state index in [1.165, 1.54) is 0 Å². The van der Waals surface area contributed by atoms with E-state index < -0.39 is 0 Å². The van der Waals surface area contributed by atoms with Crippen molar-refractivity contribution in [3.05, 3.63) is 30.3 Å². The van der Waals surface area contributed by atoms with Crippen molar-refractivity contribution in [3.63, 3.8) is 0 Å². The Morgan fingerprint density at radius 2 is 2.12 bits per heavy atom. The first-order valence-electron chi connectivity index (χ1n) is 5.17. The average Bonchev–Trinajstić information content (AvgIpc) is 2.33. The van der Waals surface area contributed by atoms with Gasteiger partial charge in [-0.3, -0.25) is 4.79 Å². The molecule has 1 aromatic rings. The van der Waals surface area contributed by atoms with Crippen LogP contribution in [0.3, 0.4) is 0 Å². The summed E-state index contributed by atoms with van der Waals surface area (Å²) in [4.78, 5) is 11.3. The van der Waals surface area contributed by atoms with Gasteiger partial charge in [-0.05, 0) is 19.1 Å². The summed E-state index contributed by atoms with van der Waals surface area (Å²) in [5.74, 6) is 6.22. The minimum absolute atomic E-state index is 0.0452. The van der Waals surface area contributed by atoms with E-state index in [0.717, 1.165) is 0 Å². The number of benzene rings is 1. The lowest BCUT2D eigenvalue weighted by Crippen LogP contribution is -2.29. The molecular formula is C13H15NO2. The molecule has 0 atom stereocenters. The van der Waals surface area contributed by atoms with Crippen LogP contribution in [-0.4, -0.2) is 19.1 Å². The summed E-state index contributed by atoms with van der Waals surface area (Å²) in [7, 11) is 0. The number of rotatable bonds is 5. The Kier molecular flexibility index (Phi) is 5.57. The smallest absolute Gasteiger partial charge is 0.257 e. The average molecular weight is 217 g/mol. The van der Waals surface area contributed by atoms with Crippen LogP contribution in [0.15, 0.2) is 30.3 Å². The van der Waals surface area contributed by atoms with Gasteiger partial charge >= 0.3 is 0 Å². The second kappa shape index (κ2) is 7.36. The summed E-state index contributed by atoms with van der Waals surface area (Å²) < 4.78 is 5.28. The molecule has 1 aromatic carbocycles. The van der Waals surface area contributed by atoms with Crippen LogP contribution in [-0.2, 0) is 4.79 Å². The number of hydrogen-bond donors (Lipinski definition) is 1. The molecule has 0 aliphatic rings. The summed E-state index contributed by atoms with van der Waals surface area (Å²) in [6.07, 6.45) is 0.674. The summed E-state index contributed by atoms with van der Waals surface area (Å²) in [5, 5.41) is 2.72. The van der Waals surface area contributed by atoms with Crippen LogP contribution in [0.4, 0.5) is 0 Å². The van der Waals surface area contributed by atoms with Crippen LogP contribution in [0.5, 0.6) is 5.75 Å². The van der Waals surface area contributed by atoms with E-state index in [2.05, 4.69) is 17.2 Å². The van der Waals surface area contributed by atoms with Crippen LogP contribution in [0.25, 0.3) is 0 Å². The van der Waals surface area contributed by atoms with Crippen LogP contribution >= 0.6 is 0 Å². The molecule has 0 aromatic heterocycles. The number of para-hydroxylation sites is 1. The molecule has 0 fully saturated rings. The highest BCUT2D eigenvalue weighted by atomic mass is 16.5. The molecular weight excluding hydrogens is 202 g/mol. The minimum Gasteiger partial charge on any atom is -0.484 e. The van der Waals surface area contributed by atoms with Gasteiger partial charge in [0.2, 0.25) is 0 Å². The van der Waals surface area contributed by atoms with E-state index in [4.69, 9.17) is 4.74 Å². The van der Waals surface area contributed by atoms with Crippen LogP contribution in [0.1, 0.15) is 13.3 Å². The van der Waals surface area contributed by atoms with E-state index in [1.807, 2.05) is 30.3 Å². The summed E-state index contributed by atoms with van der Waals surface area (Å²) in [6.45, 7) is 2.39. The Morgan fingerprint density at radius 1 is 1.38 bits per heavy atom. The van der Waals surface area contributed by atoms with Crippen molar-refractivity contribution in [3.8, 4) is 17.6 Å². The zero-order valence-corrected chi connectivity index (χ0v) is 9.32. The third-order valence-electron chi connectivity index (χ3n) is 1.86. The number of carbonyl (C=O) groups excluding carboxylic acids is 1. The predicted molar refractivity (Wildman–Crippen MR) is 63.0 cm³/mol. The topological polar surface area (TPSA) is 38.3 Å². The SMILES string of the molecule is CC#CCCNC(=O)COc1ccccc1. The Morgan fingerprint density at radius 3 is 2.81 bits per heavy atom. The van der Waals surface area contributed by atoms with Gasteiger partial charge in [0.05, 0.1) is 0 Å². The quantitative estimate of drug-likeness (QED) is 0.601. The number of ether oxygens (including phenoxy) is 1. The van der Waals surface area contributed by atoms with Crippen LogP contribution < -0.4 is 10.1 Å². The van der Waals surface area contributed by atoms with E-state index in [0.29, 0.717) is 18.7 Å². The first-order chi connectivity index (χ1) is 7.83. The highest BCUT2D eigenvalue weighted by Gasteiger charge is 2.00. The van der Waals surface area contributed by atoms with Crippen molar-refractivity contribution in [2.24, 2.45) is 0 Å². The highest BCUT2D eigenvalue weighted by Crippen LogP contribution is 2.07. The van der Waals surface area contributed by atoms with Crippen LogP contribution in [0.2, 0.25) is 0 Å². The van der Waals surface area contributed by atoms with Gasteiger partial charge in [-0.15, -0.1) is 11.8 Å². The fourth-order valence-corrected chi connectivity index (χ4v) is 1.11. The fourth-order valence-electron chi connectivity index (χ4n) is 1.11. The molecule has 84 valence electrons.